The molecule has 28 heavy (non-hydrogen) atoms. The van der Waals surface area contributed by atoms with E-state index in [0.29, 0.717) is 10.5 Å². The molecule has 1 heterocycles. The Kier molecular flexibility index (Phi) is 5.90. The fourth-order valence-electron chi connectivity index (χ4n) is 2.42. The van der Waals surface area contributed by atoms with Crippen LogP contribution in [0.2, 0.25) is 0 Å². The van der Waals surface area contributed by atoms with Crippen molar-refractivity contribution in [3.05, 3.63) is 83.0 Å². The number of benzene rings is 2. The fraction of sp³-hybridized carbons (Fsp3) is 0.0500. The lowest BCUT2D eigenvalue weighted by Crippen LogP contribution is -2.31. The first-order chi connectivity index (χ1) is 13.5. The minimum Gasteiger partial charge on any atom is -0.507 e. The monoisotopic (exact) mass is 397 g/mol. The Hall–Kier alpha value is -3.39. The molecule has 0 unspecified atom stereocenters. The molecule has 2 aromatic carbocycles. The number of hydrogen-bond donors (Lipinski definition) is 2. The van der Waals surface area contributed by atoms with Gasteiger partial charge in [-0.05, 0) is 47.7 Å². The summed E-state index contributed by atoms with van der Waals surface area (Å²) in [5, 5.41) is 14.0. The van der Waals surface area contributed by atoms with E-state index in [1.54, 1.807) is 36.4 Å². The van der Waals surface area contributed by atoms with Crippen molar-refractivity contribution in [1.82, 2.24) is 10.3 Å². The Morgan fingerprint density at radius 3 is 2.64 bits per heavy atom. The smallest absolute Gasteiger partial charge is 0.275 e. The zero-order valence-corrected chi connectivity index (χ0v) is 15.4. The molecule has 0 spiro atoms. The number of phenolic OH excluding ortho intramolecular Hbond substituents is 1. The highest BCUT2D eigenvalue weighted by molar-refractivity contribution is 8.18. The summed E-state index contributed by atoms with van der Waals surface area (Å²) in [5.41, 5.74) is 3.08. The van der Waals surface area contributed by atoms with Gasteiger partial charge in [0, 0.05) is 6.54 Å². The number of amidine groups is 1. The highest BCUT2D eigenvalue weighted by atomic mass is 32.2. The van der Waals surface area contributed by atoms with Crippen molar-refractivity contribution in [2.24, 2.45) is 5.10 Å². The van der Waals surface area contributed by atoms with Crippen LogP contribution in [-0.4, -0.2) is 33.5 Å². The van der Waals surface area contributed by atoms with E-state index < -0.39 is 5.91 Å². The molecular weight excluding hydrogens is 381 g/mol. The number of hydrazone groups is 1. The van der Waals surface area contributed by atoms with Gasteiger partial charge in [0.2, 0.25) is 0 Å². The summed E-state index contributed by atoms with van der Waals surface area (Å²) in [7, 11) is 0. The van der Waals surface area contributed by atoms with Crippen LogP contribution in [0, 0.1) is 5.82 Å². The van der Waals surface area contributed by atoms with Crippen molar-refractivity contribution in [3.63, 3.8) is 0 Å². The van der Waals surface area contributed by atoms with Gasteiger partial charge in [-0.2, -0.15) is 0 Å². The summed E-state index contributed by atoms with van der Waals surface area (Å²) in [4.78, 5) is 26.6. The molecule has 2 N–H and O–H groups in total. The first kappa shape index (κ1) is 19.4. The van der Waals surface area contributed by atoms with Gasteiger partial charge < -0.3 is 5.11 Å². The molecule has 142 valence electrons. The lowest BCUT2D eigenvalue weighted by molar-refractivity contribution is -0.121. The summed E-state index contributed by atoms with van der Waals surface area (Å²) in [6, 6.07) is 11.8. The first-order valence-electron chi connectivity index (χ1n) is 8.23. The molecule has 0 saturated carbocycles. The molecule has 0 aromatic heterocycles. The van der Waals surface area contributed by atoms with Crippen LogP contribution >= 0.6 is 11.8 Å². The van der Waals surface area contributed by atoms with E-state index in [0.717, 1.165) is 11.8 Å². The van der Waals surface area contributed by atoms with E-state index in [9.17, 15) is 19.1 Å². The number of rotatable bonds is 5. The number of amides is 2. The molecule has 6 nitrogen and oxygen atoms in total. The van der Waals surface area contributed by atoms with Gasteiger partial charge in [0.15, 0.2) is 5.17 Å². The third kappa shape index (κ3) is 4.29. The molecule has 1 saturated heterocycles. The van der Waals surface area contributed by atoms with E-state index in [2.05, 4.69) is 17.1 Å². The van der Waals surface area contributed by atoms with Gasteiger partial charge in [-0.3, -0.25) is 14.5 Å². The second kappa shape index (κ2) is 8.53. The largest absolute Gasteiger partial charge is 0.507 e. The summed E-state index contributed by atoms with van der Waals surface area (Å²) >= 11 is 1.08. The summed E-state index contributed by atoms with van der Waals surface area (Å²) in [6.07, 6.45) is 3.16. The Bertz CT molecular complexity index is 986. The van der Waals surface area contributed by atoms with Crippen molar-refractivity contribution in [1.29, 1.82) is 0 Å². The van der Waals surface area contributed by atoms with Crippen LogP contribution in [0.15, 0.2) is 71.2 Å². The van der Waals surface area contributed by atoms with Gasteiger partial charge in [0.05, 0.1) is 10.5 Å². The minimum atomic E-state index is -0.604. The summed E-state index contributed by atoms with van der Waals surface area (Å²) in [5.74, 6) is -1.44. The van der Waals surface area contributed by atoms with Gasteiger partial charge in [-0.15, -0.1) is 11.7 Å². The predicted octanol–water partition coefficient (Wildman–Crippen LogP) is 3.33. The molecule has 0 bridgehead atoms. The minimum absolute atomic E-state index is 0.0681. The summed E-state index contributed by atoms with van der Waals surface area (Å²) < 4.78 is 13.1. The second-order valence-electron chi connectivity index (χ2n) is 5.72. The molecule has 2 aromatic rings. The van der Waals surface area contributed by atoms with E-state index in [1.807, 2.05) is 0 Å². The molecule has 1 fully saturated rings. The number of carbonyl (C=O) groups is 2. The number of nitrogens with one attached hydrogen (secondary N) is 1. The van der Waals surface area contributed by atoms with Crippen molar-refractivity contribution in [2.45, 2.75) is 0 Å². The first-order valence-corrected chi connectivity index (χ1v) is 9.05. The van der Waals surface area contributed by atoms with Gasteiger partial charge >= 0.3 is 0 Å². The van der Waals surface area contributed by atoms with Crippen LogP contribution in [0.4, 0.5) is 4.39 Å². The second-order valence-corrected chi connectivity index (χ2v) is 6.73. The highest BCUT2D eigenvalue weighted by Gasteiger charge is 2.33. The van der Waals surface area contributed by atoms with Crippen LogP contribution < -0.4 is 5.43 Å². The maximum atomic E-state index is 13.1. The van der Waals surface area contributed by atoms with E-state index in [4.69, 9.17) is 0 Å². The number of carbonyl (C=O) groups excluding carboxylic acids is 2. The normalized spacial score (nSPS) is 16.6. The Morgan fingerprint density at radius 1 is 1.25 bits per heavy atom. The number of nitrogens with zero attached hydrogens (tertiary/aromatic N) is 2. The average Bonchev–Trinajstić information content (AvgIpc) is 2.97. The molecule has 1 aliphatic rings. The third-order valence-corrected chi connectivity index (χ3v) is 4.78. The molecular formula is C20H16FN3O3S. The molecule has 1 aliphatic heterocycles. The zero-order valence-electron chi connectivity index (χ0n) is 14.6. The highest BCUT2D eigenvalue weighted by Crippen LogP contribution is 2.32. The Labute approximate surface area is 165 Å². The number of phenols is 1. The molecule has 3 rings (SSSR count). The van der Waals surface area contributed by atoms with Crippen LogP contribution in [0.3, 0.4) is 0 Å². The summed E-state index contributed by atoms with van der Waals surface area (Å²) in [6.45, 7) is 3.83. The van der Waals surface area contributed by atoms with Gasteiger partial charge in [0.25, 0.3) is 11.8 Å². The quantitative estimate of drug-likeness (QED) is 0.461. The van der Waals surface area contributed by atoms with Crippen LogP contribution in [0.1, 0.15) is 15.9 Å². The average molecular weight is 397 g/mol. The zero-order chi connectivity index (χ0) is 20.1. The number of aromatic hydroxyl groups is 1. The maximum absolute atomic E-state index is 13.1. The maximum Gasteiger partial charge on any atom is 0.275 e. The van der Waals surface area contributed by atoms with Gasteiger partial charge in [-0.1, -0.05) is 30.3 Å². The number of thioether (sulfide) groups is 1. The molecule has 0 atom stereocenters. The van der Waals surface area contributed by atoms with Crippen LogP contribution in [-0.2, 0) is 4.79 Å². The molecule has 0 aliphatic carbocycles. The molecule has 0 radical (unpaired) electrons. The topological polar surface area (TPSA) is 82.0 Å². The van der Waals surface area contributed by atoms with Crippen molar-refractivity contribution < 1.29 is 19.1 Å². The van der Waals surface area contributed by atoms with Gasteiger partial charge in [-0.25, -0.2) is 9.82 Å². The lowest BCUT2D eigenvalue weighted by Gasteiger charge is -2.12. The predicted molar refractivity (Wildman–Crippen MR) is 107 cm³/mol. The van der Waals surface area contributed by atoms with E-state index in [-0.39, 0.29) is 34.7 Å². The standard InChI is InChI=1S/C20H16FN3O3S/c1-2-11-24-19(27)17(12-13-7-9-14(21)10-8-13)28-20(24)23-22-18(26)15-5-3-4-6-16(15)25/h2-10,12,25H,1,11H2,(H,22,26)/b17-12-,23-20+. The Balaban J connectivity index is 1.83. The SMILES string of the molecule is C=CCN1C(=O)/C(=C/c2ccc(F)cc2)S/C1=N/NC(=O)c1ccccc1O. The third-order valence-electron chi connectivity index (χ3n) is 3.77. The number of para-hydroxylation sites is 1. The van der Waals surface area contributed by atoms with Crippen LogP contribution in [0.25, 0.3) is 6.08 Å². The number of hydrogen-bond acceptors (Lipinski definition) is 5. The van der Waals surface area contributed by atoms with Crippen molar-refractivity contribution >= 4 is 34.8 Å². The van der Waals surface area contributed by atoms with E-state index in [1.165, 1.54) is 29.2 Å². The van der Waals surface area contributed by atoms with Crippen molar-refractivity contribution in [3.8, 4) is 5.75 Å². The van der Waals surface area contributed by atoms with Crippen LogP contribution in [0.5, 0.6) is 5.75 Å². The van der Waals surface area contributed by atoms with E-state index >= 15 is 0 Å². The fourth-order valence-corrected chi connectivity index (χ4v) is 3.36. The molecule has 8 heteroatoms. The lowest BCUT2D eigenvalue weighted by atomic mass is 10.2. The molecule has 2 amide bonds. The van der Waals surface area contributed by atoms with Crippen molar-refractivity contribution in [2.75, 3.05) is 6.54 Å². The Morgan fingerprint density at radius 2 is 1.96 bits per heavy atom. The van der Waals surface area contributed by atoms with Gasteiger partial charge in [0.1, 0.15) is 11.6 Å². The number of halogens is 1.